The minimum atomic E-state index is -0.555. The van der Waals surface area contributed by atoms with Gasteiger partial charge in [-0.3, -0.25) is 5.43 Å². The molecule has 82 valence electrons. The Morgan fingerprint density at radius 1 is 1.47 bits per heavy atom. The molecule has 0 atom stereocenters. The summed E-state index contributed by atoms with van der Waals surface area (Å²) < 4.78 is 5.00. The van der Waals surface area contributed by atoms with E-state index in [9.17, 15) is 4.79 Å². The predicted molar refractivity (Wildman–Crippen MR) is 55.0 cm³/mol. The molecule has 0 fully saturated rings. The van der Waals surface area contributed by atoms with Gasteiger partial charge in [0.2, 0.25) is 0 Å². The molecule has 0 radical (unpaired) electrons. The van der Waals surface area contributed by atoms with E-state index >= 15 is 0 Å². The van der Waals surface area contributed by atoms with Crippen LogP contribution < -0.4 is 10.9 Å². The lowest BCUT2D eigenvalue weighted by Crippen LogP contribution is -2.36. The molecule has 0 aliphatic carbocycles. The highest BCUT2D eigenvalue weighted by molar-refractivity contribution is 5.69. The Hall–Kier alpha value is -1.85. The SMILES string of the molecule is CC(C)(C)OC(=O)NNc1ccncn1. The molecule has 0 saturated heterocycles. The lowest BCUT2D eigenvalue weighted by Gasteiger charge is -2.19. The Morgan fingerprint density at radius 3 is 2.73 bits per heavy atom. The van der Waals surface area contributed by atoms with Gasteiger partial charge in [-0.15, -0.1) is 0 Å². The highest BCUT2D eigenvalue weighted by Crippen LogP contribution is 2.06. The molecule has 1 rings (SSSR count). The first-order valence-electron chi connectivity index (χ1n) is 4.48. The summed E-state index contributed by atoms with van der Waals surface area (Å²) in [6.45, 7) is 5.37. The molecule has 6 heteroatoms. The zero-order valence-electron chi connectivity index (χ0n) is 8.94. The molecule has 0 unspecified atom stereocenters. The summed E-state index contributed by atoms with van der Waals surface area (Å²) in [4.78, 5) is 18.8. The van der Waals surface area contributed by atoms with Gasteiger partial charge in [0.05, 0.1) is 0 Å². The van der Waals surface area contributed by atoms with Crippen molar-refractivity contribution >= 4 is 11.9 Å². The fourth-order valence-corrected chi connectivity index (χ4v) is 0.783. The number of carbonyl (C=O) groups is 1. The Balaban J connectivity index is 2.35. The van der Waals surface area contributed by atoms with Crippen LogP contribution in [0.15, 0.2) is 18.6 Å². The van der Waals surface area contributed by atoms with Crippen molar-refractivity contribution < 1.29 is 9.53 Å². The average Bonchev–Trinajstić information content (AvgIpc) is 2.14. The zero-order chi connectivity index (χ0) is 11.3. The first-order valence-corrected chi connectivity index (χ1v) is 4.48. The van der Waals surface area contributed by atoms with Gasteiger partial charge in [0.1, 0.15) is 17.7 Å². The molecular weight excluding hydrogens is 196 g/mol. The summed E-state index contributed by atoms with van der Waals surface area (Å²) in [5, 5.41) is 0. The van der Waals surface area contributed by atoms with Gasteiger partial charge in [0.15, 0.2) is 0 Å². The van der Waals surface area contributed by atoms with E-state index in [0.717, 1.165) is 0 Å². The second kappa shape index (κ2) is 4.59. The van der Waals surface area contributed by atoms with Crippen LogP contribution in [0.2, 0.25) is 0 Å². The van der Waals surface area contributed by atoms with Crippen molar-refractivity contribution in [3.63, 3.8) is 0 Å². The molecule has 0 spiro atoms. The number of nitrogens with zero attached hydrogens (tertiary/aromatic N) is 2. The van der Waals surface area contributed by atoms with E-state index < -0.39 is 11.7 Å². The van der Waals surface area contributed by atoms with Crippen LogP contribution in [-0.2, 0) is 4.74 Å². The predicted octanol–water partition coefficient (Wildman–Crippen LogP) is 1.33. The number of rotatable bonds is 2. The summed E-state index contributed by atoms with van der Waals surface area (Å²) in [5.74, 6) is 0.496. The maximum Gasteiger partial charge on any atom is 0.426 e. The summed E-state index contributed by atoms with van der Waals surface area (Å²) in [5.41, 5.74) is 4.43. The van der Waals surface area contributed by atoms with E-state index in [1.54, 1.807) is 33.0 Å². The zero-order valence-corrected chi connectivity index (χ0v) is 8.94. The molecule has 15 heavy (non-hydrogen) atoms. The van der Waals surface area contributed by atoms with Crippen LogP contribution in [0.5, 0.6) is 0 Å². The van der Waals surface area contributed by atoms with Gasteiger partial charge < -0.3 is 4.74 Å². The third-order valence-electron chi connectivity index (χ3n) is 1.27. The van der Waals surface area contributed by atoms with E-state index in [4.69, 9.17) is 4.74 Å². The Kier molecular flexibility index (Phi) is 3.43. The van der Waals surface area contributed by atoms with E-state index in [-0.39, 0.29) is 0 Å². The lowest BCUT2D eigenvalue weighted by atomic mass is 10.2. The molecule has 0 aromatic carbocycles. The van der Waals surface area contributed by atoms with Crippen LogP contribution in [0, 0.1) is 0 Å². The maximum absolute atomic E-state index is 11.2. The summed E-state index contributed by atoms with van der Waals surface area (Å²) in [6.07, 6.45) is 2.38. The quantitative estimate of drug-likeness (QED) is 0.720. The van der Waals surface area contributed by atoms with Gasteiger partial charge in [0.25, 0.3) is 0 Å². The van der Waals surface area contributed by atoms with Gasteiger partial charge in [-0.25, -0.2) is 20.2 Å². The number of anilines is 1. The van der Waals surface area contributed by atoms with Crippen molar-refractivity contribution in [1.82, 2.24) is 15.4 Å². The molecule has 0 aliphatic heterocycles. The Bertz CT molecular complexity index is 321. The molecule has 0 aliphatic rings. The third kappa shape index (κ3) is 4.80. The molecule has 1 amide bonds. The average molecular weight is 210 g/mol. The van der Waals surface area contributed by atoms with Gasteiger partial charge >= 0.3 is 6.09 Å². The number of ether oxygens (including phenoxy) is 1. The van der Waals surface area contributed by atoms with Crippen molar-refractivity contribution in [2.45, 2.75) is 26.4 Å². The smallest absolute Gasteiger partial charge is 0.426 e. The number of hydrazine groups is 1. The van der Waals surface area contributed by atoms with E-state index in [1.165, 1.54) is 6.33 Å². The molecule has 6 nitrogen and oxygen atoms in total. The van der Waals surface area contributed by atoms with Crippen molar-refractivity contribution in [3.8, 4) is 0 Å². The lowest BCUT2D eigenvalue weighted by molar-refractivity contribution is 0.0541. The largest absolute Gasteiger partial charge is 0.443 e. The van der Waals surface area contributed by atoms with Crippen LogP contribution in [0.1, 0.15) is 20.8 Å². The monoisotopic (exact) mass is 210 g/mol. The second-order valence-electron chi connectivity index (χ2n) is 3.85. The van der Waals surface area contributed by atoms with Crippen molar-refractivity contribution in [1.29, 1.82) is 0 Å². The molecule has 1 aromatic heterocycles. The molecular formula is C9H14N4O2. The van der Waals surface area contributed by atoms with Gasteiger partial charge in [-0.1, -0.05) is 0 Å². The number of hydrogen-bond acceptors (Lipinski definition) is 5. The number of nitrogens with one attached hydrogen (secondary N) is 2. The maximum atomic E-state index is 11.2. The third-order valence-corrected chi connectivity index (χ3v) is 1.27. The van der Waals surface area contributed by atoms with Crippen LogP contribution in [0.3, 0.4) is 0 Å². The summed E-state index contributed by atoms with van der Waals surface area (Å²) in [7, 11) is 0. The highest BCUT2D eigenvalue weighted by atomic mass is 16.6. The topological polar surface area (TPSA) is 76.1 Å². The normalized spacial score (nSPS) is 10.6. The number of hydrogen-bond donors (Lipinski definition) is 2. The molecule has 1 aromatic rings. The van der Waals surface area contributed by atoms with E-state index in [2.05, 4.69) is 20.8 Å². The van der Waals surface area contributed by atoms with Gasteiger partial charge in [-0.05, 0) is 20.8 Å². The first kappa shape index (κ1) is 11.2. The second-order valence-corrected chi connectivity index (χ2v) is 3.85. The minimum Gasteiger partial charge on any atom is -0.443 e. The Morgan fingerprint density at radius 2 is 2.20 bits per heavy atom. The van der Waals surface area contributed by atoms with Crippen molar-refractivity contribution in [2.24, 2.45) is 0 Å². The van der Waals surface area contributed by atoms with Crippen molar-refractivity contribution in [2.75, 3.05) is 5.43 Å². The van der Waals surface area contributed by atoms with Crippen LogP contribution in [0.4, 0.5) is 10.6 Å². The summed E-state index contributed by atoms with van der Waals surface area (Å²) >= 11 is 0. The van der Waals surface area contributed by atoms with Crippen LogP contribution in [-0.4, -0.2) is 21.7 Å². The van der Waals surface area contributed by atoms with Crippen LogP contribution >= 0.6 is 0 Å². The molecule has 0 saturated carbocycles. The van der Waals surface area contributed by atoms with E-state index in [1.807, 2.05) is 0 Å². The van der Waals surface area contributed by atoms with Gasteiger partial charge in [-0.2, -0.15) is 0 Å². The highest BCUT2D eigenvalue weighted by Gasteiger charge is 2.15. The standard InChI is InChI=1S/C9H14N4O2/c1-9(2,3)15-8(14)13-12-7-4-5-10-6-11-7/h4-6H,1-3H3,(H,13,14)(H,10,11,12). The van der Waals surface area contributed by atoms with Crippen LogP contribution in [0.25, 0.3) is 0 Å². The van der Waals surface area contributed by atoms with Crippen molar-refractivity contribution in [3.05, 3.63) is 18.6 Å². The first-order chi connectivity index (χ1) is 6.97. The molecule has 0 bridgehead atoms. The fraction of sp³-hybridized carbons (Fsp3) is 0.444. The molecule has 1 heterocycles. The molecule has 2 N–H and O–H groups in total. The van der Waals surface area contributed by atoms with E-state index in [0.29, 0.717) is 5.82 Å². The Labute approximate surface area is 88.0 Å². The minimum absolute atomic E-state index is 0.496. The summed E-state index contributed by atoms with van der Waals surface area (Å²) in [6, 6.07) is 1.62. The number of carbonyl (C=O) groups excluding carboxylic acids is 1. The van der Waals surface area contributed by atoms with Gasteiger partial charge in [0, 0.05) is 12.3 Å². The number of amides is 1. The number of aromatic nitrogens is 2. The fourth-order valence-electron chi connectivity index (χ4n) is 0.783.